The van der Waals surface area contributed by atoms with E-state index in [0.717, 1.165) is 4.90 Å². The van der Waals surface area contributed by atoms with Gasteiger partial charge in [0, 0.05) is 0 Å². The fourth-order valence-electron chi connectivity index (χ4n) is 1.37. The zero-order valence-corrected chi connectivity index (χ0v) is 7.77. The summed E-state index contributed by atoms with van der Waals surface area (Å²) >= 11 is 0. The third kappa shape index (κ3) is 1.87. The van der Waals surface area contributed by atoms with Crippen molar-refractivity contribution in [2.75, 3.05) is 18.1 Å². The number of rotatable bonds is 1. The number of morpholine rings is 1. The first-order chi connectivity index (χ1) is 7.18. The predicted molar refractivity (Wildman–Crippen MR) is 49.7 cm³/mol. The van der Waals surface area contributed by atoms with Crippen molar-refractivity contribution in [2.45, 2.75) is 0 Å². The van der Waals surface area contributed by atoms with Crippen LogP contribution >= 0.6 is 0 Å². The second-order valence-corrected chi connectivity index (χ2v) is 3.09. The number of amides is 2. The Kier molecular flexibility index (Phi) is 2.47. The van der Waals surface area contributed by atoms with Crippen LogP contribution in [0.2, 0.25) is 0 Å². The molecule has 4 nitrogen and oxygen atoms in total. The molecular formula is C10H8FNO3. The van der Waals surface area contributed by atoms with Gasteiger partial charge in [0.25, 0.3) is 11.8 Å². The fraction of sp³-hybridized carbons (Fsp3) is 0.200. The Balaban J connectivity index is 2.31. The van der Waals surface area contributed by atoms with Gasteiger partial charge < -0.3 is 4.74 Å². The van der Waals surface area contributed by atoms with E-state index in [-0.39, 0.29) is 13.2 Å². The van der Waals surface area contributed by atoms with Gasteiger partial charge in [0.05, 0.1) is 5.69 Å². The Morgan fingerprint density at radius 1 is 1.07 bits per heavy atom. The van der Waals surface area contributed by atoms with Gasteiger partial charge in [-0.2, -0.15) is 0 Å². The number of benzene rings is 1. The van der Waals surface area contributed by atoms with Crippen molar-refractivity contribution in [3.63, 3.8) is 0 Å². The predicted octanol–water partition coefficient (Wildman–Crippen LogP) is 0.715. The van der Waals surface area contributed by atoms with Crippen LogP contribution in [0, 0.1) is 5.82 Å². The van der Waals surface area contributed by atoms with E-state index < -0.39 is 17.6 Å². The van der Waals surface area contributed by atoms with Gasteiger partial charge in [-0.1, -0.05) is 0 Å². The van der Waals surface area contributed by atoms with Crippen molar-refractivity contribution in [1.29, 1.82) is 0 Å². The van der Waals surface area contributed by atoms with E-state index >= 15 is 0 Å². The summed E-state index contributed by atoms with van der Waals surface area (Å²) in [7, 11) is 0. The van der Waals surface area contributed by atoms with E-state index in [9.17, 15) is 14.0 Å². The Morgan fingerprint density at radius 2 is 1.60 bits per heavy atom. The number of nitrogens with zero attached hydrogens (tertiary/aromatic N) is 1. The molecule has 2 rings (SSSR count). The van der Waals surface area contributed by atoms with Gasteiger partial charge in [-0.15, -0.1) is 0 Å². The van der Waals surface area contributed by atoms with Crippen molar-refractivity contribution in [1.82, 2.24) is 0 Å². The molecule has 1 aromatic rings. The number of halogens is 1. The van der Waals surface area contributed by atoms with E-state index in [1.54, 1.807) is 0 Å². The second-order valence-electron chi connectivity index (χ2n) is 3.09. The minimum Gasteiger partial charge on any atom is -0.362 e. The molecule has 1 fully saturated rings. The quantitative estimate of drug-likeness (QED) is 0.640. The molecule has 0 radical (unpaired) electrons. The maximum atomic E-state index is 12.6. The molecule has 2 amide bonds. The summed E-state index contributed by atoms with van der Waals surface area (Å²) < 4.78 is 17.4. The highest BCUT2D eigenvalue weighted by atomic mass is 19.1. The number of carbonyl (C=O) groups excluding carboxylic acids is 2. The summed E-state index contributed by atoms with van der Waals surface area (Å²) in [4.78, 5) is 23.8. The monoisotopic (exact) mass is 209 g/mol. The molecule has 0 unspecified atom stereocenters. The maximum Gasteiger partial charge on any atom is 0.259 e. The lowest BCUT2D eigenvalue weighted by Crippen LogP contribution is -2.46. The molecule has 78 valence electrons. The Labute approximate surface area is 85.2 Å². The SMILES string of the molecule is O=C1COCC(=O)N1c1ccc(F)cc1. The largest absolute Gasteiger partial charge is 0.362 e. The first-order valence-electron chi connectivity index (χ1n) is 4.37. The third-order valence-electron chi connectivity index (χ3n) is 2.03. The van der Waals surface area contributed by atoms with Crippen LogP contribution in [-0.4, -0.2) is 25.0 Å². The average molecular weight is 209 g/mol. The van der Waals surface area contributed by atoms with E-state index in [0.29, 0.717) is 5.69 Å². The molecule has 0 aliphatic carbocycles. The molecule has 0 bridgehead atoms. The molecule has 5 heteroatoms. The standard InChI is InChI=1S/C10H8FNO3/c11-7-1-3-8(4-2-7)12-9(13)5-15-6-10(12)14/h1-4H,5-6H2. The van der Waals surface area contributed by atoms with Gasteiger partial charge >= 0.3 is 0 Å². The highest BCUT2D eigenvalue weighted by Crippen LogP contribution is 2.17. The molecule has 1 heterocycles. The Morgan fingerprint density at radius 3 is 2.13 bits per heavy atom. The average Bonchev–Trinajstić information content (AvgIpc) is 2.20. The van der Waals surface area contributed by atoms with Crippen molar-refractivity contribution < 1.29 is 18.7 Å². The molecule has 1 aliphatic rings. The van der Waals surface area contributed by atoms with Crippen LogP contribution in [0.25, 0.3) is 0 Å². The fourth-order valence-corrected chi connectivity index (χ4v) is 1.37. The van der Waals surface area contributed by atoms with Gasteiger partial charge in [0.2, 0.25) is 0 Å². The van der Waals surface area contributed by atoms with Gasteiger partial charge in [-0.05, 0) is 24.3 Å². The highest BCUT2D eigenvalue weighted by Gasteiger charge is 2.27. The van der Waals surface area contributed by atoms with Crippen LogP contribution in [0.4, 0.5) is 10.1 Å². The maximum absolute atomic E-state index is 12.6. The van der Waals surface area contributed by atoms with Crippen LogP contribution in [0.3, 0.4) is 0 Å². The molecule has 1 saturated heterocycles. The molecule has 1 aromatic carbocycles. The Bertz CT molecular complexity index is 386. The molecule has 15 heavy (non-hydrogen) atoms. The minimum atomic E-state index is -0.433. The lowest BCUT2D eigenvalue weighted by Gasteiger charge is -2.24. The van der Waals surface area contributed by atoms with Crippen LogP contribution < -0.4 is 4.90 Å². The first-order valence-corrected chi connectivity index (χ1v) is 4.37. The van der Waals surface area contributed by atoms with Crippen molar-refractivity contribution >= 4 is 17.5 Å². The lowest BCUT2D eigenvalue weighted by molar-refractivity contribution is -0.138. The minimum absolute atomic E-state index is 0.122. The molecule has 0 aromatic heterocycles. The van der Waals surface area contributed by atoms with Crippen LogP contribution in [0.5, 0.6) is 0 Å². The number of carbonyl (C=O) groups is 2. The van der Waals surface area contributed by atoms with E-state index in [1.165, 1.54) is 24.3 Å². The smallest absolute Gasteiger partial charge is 0.259 e. The first kappa shape index (κ1) is 9.79. The third-order valence-corrected chi connectivity index (χ3v) is 2.03. The molecular weight excluding hydrogens is 201 g/mol. The number of ether oxygens (including phenoxy) is 1. The van der Waals surface area contributed by atoms with Crippen LogP contribution in [0.1, 0.15) is 0 Å². The number of hydrogen-bond donors (Lipinski definition) is 0. The van der Waals surface area contributed by atoms with Crippen molar-refractivity contribution in [3.05, 3.63) is 30.1 Å². The van der Waals surface area contributed by atoms with Crippen molar-refractivity contribution in [2.24, 2.45) is 0 Å². The zero-order chi connectivity index (χ0) is 10.8. The lowest BCUT2D eigenvalue weighted by atomic mass is 10.2. The number of hydrogen-bond acceptors (Lipinski definition) is 3. The molecule has 0 saturated carbocycles. The number of imide groups is 1. The topological polar surface area (TPSA) is 46.6 Å². The summed E-state index contributed by atoms with van der Waals surface area (Å²) in [6, 6.07) is 5.17. The van der Waals surface area contributed by atoms with E-state index in [1.807, 2.05) is 0 Å². The Hall–Kier alpha value is -1.75. The molecule has 0 spiro atoms. The second kappa shape index (κ2) is 3.78. The van der Waals surface area contributed by atoms with Gasteiger partial charge in [-0.25, -0.2) is 9.29 Å². The molecule has 1 aliphatic heterocycles. The van der Waals surface area contributed by atoms with E-state index in [4.69, 9.17) is 4.74 Å². The van der Waals surface area contributed by atoms with Crippen molar-refractivity contribution in [3.8, 4) is 0 Å². The van der Waals surface area contributed by atoms with Gasteiger partial charge in [0.1, 0.15) is 19.0 Å². The van der Waals surface area contributed by atoms with Gasteiger partial charge in [-0.3, -0.25) is 9.59 Å². The zero-order valence-electron chi connectivity index (χ0n) is 7.77. The van der Waals surface area contributed by atoms with Crippen LogP contribution in [0.15, 0.2) is 24.3 Å². The normalized spacial score (nSPS) is 17.0. The summed E-state index contributed by atoms with van der Waals surface area (Å²) in [5.74, 6) is -1.28. The summed E-state index contributed by atoms with van der Waals surface area (Å²) in [5.41, 5.74) is 0.370. The van der Waals surface area contributed by atoms with E-state index in [2.05, 4.69) is 0 Å². The summed E-state index contributed by atoms with van der Waals surface area (Å²) in [6.45, 7) is -0.244. The highest BCUT2D eigenvalue weighted by molar-refractivity contribution is 6.16. The van der Waals surface area contributed by atoms with Crippen LogP contribution in [-0.2, 0) is 14.3 Å². The molecule has 0 N–H and O–H groups in total. The molecule has 0 atom stereocenters. The van der Waals surface area contributed by atoms with Gasteiger partial charge in [0.15, 0.2) is 0 Å². The number of anilines is 1. The summed E-state index contributed by atoms with van der Waals surface area (Å²) in [5, 5.41) is 0. The summed E-state index contributed by atoms with van der Waals surface area (Å²) in [6.07, 6.45) is 0.